The Morgan fingerprint density at radius 2 is 1.70 bits per heavy atom. The van der Waals surface area contributed by atoms with Gasteiger partial charge >= 0.3 is 0 Å². The zero-order valence-corrected chi connectivity index (χ0v) is 14.0. The van der Waals surface area contributed by atoms with Crippen molar-refractivity contribution >= 4 is 11.6 Å². The smallest absolute Gasteiger partial charge is 0.121 e. The minimum absolute atomic E-state index is 0.304. The highest BCUT2D eigenvalue weighted by Gasteiger charge is 2.22. The molecule has 2 aromatic carbocycles. The van der Waals surface area contributed by atoms with Crippen molar-refractivity contribution in [3.63, 3.8) is 0 Å². The van der Waals surface area contributed by atoms with Crippen molar-refractivity contribution in [3.8, 4) is 5.75 Å². The summed E-state index contributed by atoms with van der Waals surface area (Å²) in [4.78, 5) is 0. The highest BCUT2D eigenvalue weighted by Crippen LogP contribution is 2.35. The van der Waals surface area contributed by atoms with Gasteiger partial charge in [-0.3, -0.25) is 0 Å². The summed E-state index contributed by atoms with van der Waals surface area (Å²) in [6.45, 7) is 0.612. The van der Waals surface area contributed by atoms with Crippen molar-refractivity contribution < 1.29 is 9.47 Å². The molecule has 1 saturated carbocycles. The normalized spacial score (nSPS) is 21.1. The molecular formula is C20H23ClO2. The third-order valence-electron chi connectivity index (χ3n) is 4.55. The lowest BCUT2D eigenvalue weighted by Crippen LogP contribution is -2.20. The van der Waals surface area contributed by atoms with Crippen molar-refractivity contribution in [2.75, 3.05) is 6.07 Å². The summed E-state index contributed by atoms with van der Waals surface area (Å²) in [7, 11) is 0. The summed E-state index contributed by atoms with van der Waals surface area (Å²) in [5, 5.41) is 0. The first-order valence-electron chi connectivity index (χ1n) is 8.29. The standard InChI is InChI=1S/C20H23ClO2/c21-15-23-19-11-9-17(10-12-19)18-7-4-8-20(13-18)22-14-16-5-2-1-3-6-16/h1-8,13,17,19H,9-12,14-15H2. The Balaban J connectivity index is 1.57. The molecule has 1 aliphatic carbocycles. The molecule has 2 aromatic rings. The zero-order valence-electron chi connectivity index (χ0n) is 13.3. The van der Waals surface area contributed by atoms with Crippen molar-refractivity contribution in [1.29, 1.82) is 0 Å². The van der Waals surface area contributed by atoms with Crippen LogP contribution in [0.1, 0.15) is 42.7 Å². The molecule has 1 fully saturated rings. The molecule has 3 rings (SSSR count). The number of halogens is 1. The summed E-state index contributed by atoms with van der Waals surface area (Å²) < 4.78 is 11.5. The average molecular weight is 331 g/mol. The molecule has 0 radical (unpaired) electrons. The molecule has 0 N–H and O–H groups in total. The van der Waals surface area contributed by atoms with Crippen molar-refractivity contribution in [2.24, 2.45) is 0 Å². The quantitative estimate of drug-likeness (QED) is 0.651. The number of ether oxygens (including phenoxy) is 2. The van der Waals surface area contributed by atoms with Crippen LogP contribution in [-0.2, 0) is 11.3 Å². The van der Waals surface area contributed by atoms with Gasteiger partial charge in [0.1, 0.15) is 18.4 Å². The maximum atomic E-state index is 5.94. The lowest BCUT2D eigenvalue weighted by molar-refractivity contribution is 0.0530. The van der Waals surface area contributed by atoms with Gasteiger partial charge in [-0.1, -0.05) is 54.1 Å². The summed E-state index contributed by atoms with van der Waals surface area (Å²) in [5.41, 5.74) is 2.57. The van der Waals surface area contributed by atoms with Gasteiger partial charge in [-0.05, 0) is 54.9 Å². The van der Waals surface area contributed by atoms with Gasteiger partial charge in [-0.25, -0.2) is 0 Å². The molecule has 0 unspecified atom stereocenters. The Bertz CT molecular complexity index is 592. The van der Waals surface area contributed by atoms with Gasteiger partial charge < -0.3 is 9.47 Å². The Labute approximate surface area is 143 Å². The minimum Gasteiger partial charge on any atom is -0.489 e. The molecule has 0 spiro atoms. The highest BCUT2D eigenvalue weighted by molar-refractivity contribution is 6.17. The number of rotatable bonds is 6. The molecule has 0 saturated heterocycles. The van der Waals surface area contributed by atoms with E-state index < -0.39 is 0 Å². The Morgan fingerprint density at radius 1 is 0.913 bits per heavy atom. The molecule has 0 amide bonds. The molecule has 0 bridgehead atoms. The maximum Gasteiger partial charge on any atom is 0.121 e. The van der Waals surface area contributed by atoms with Crippen molar-refractivity contribution in [2.45, 2.75) is 44.3 Å². The van der Waals surface area contributed by atoms with E-state index in [0.717, 1.165) is 31.4 Å². The molecule has 0 aromatic heterocycles. The molecule has 0 aliphatic heterocycles. The number of alkyl halides is 1. The Morgan fingerprint density at radius 3 is 2.43 bits per heavy atom. The largest absolute Gasteiger partial charge is 0.489 e. The number of hydrogen-bond donors (Lipinski definition) is 0. The monoisotopic (exact) mass is 330 g/mol. The van der Waals surface area contributed by atoms with Crippen LogP contribution in [0.5, 0.6) is 5.75 Å². The third kappa shape index (κ3) is 4.73. The molecular weight excluding hydrogens is 308 g/mol. The first-order chi connectivity index (χ1) is 11.3. The Hall–Kier alpha value is -1.51. The molecule has 3 heteroatoms. The SMILES string of the molecule is ClCOC1CCC(c2cccc(OCc3ccccc3)c2)CC1. The second kappa shape index (κ2) is 8.37. The van der Waals surface area contributed by atoms with E-state index >= 15 is 0 Å². The van der Waals surface area contributed by atoms with E-state index in [2.05, 4.69) is 30.3 Å². The van der Waals surface area contributed by atoms with Crippen LogP contribution in [-0.4, -0.2) is 12.2 Å². The van der Waals surface area contributed by atoms with Gasteiger partial charge in [0.2, 0.25) is 0 Å². The van der Waals surface area contributed by atoms with Gasteiger partial charge in [0.15, 0.2) is 0 Å². The van der Waals surface area contributed by atoms with Crippen LogP contribution in [0.15, 0.2) is 54.6 Å². The van der Waals surface area contributed by atoms with Crippen LogP contribution in [0, 0.1) is 0 Å². The van der Waals surface area contributed by atoms with E-state index in [1.807, 2.05) is 24.3 Å². The van der Waals surface area contributed by atoms with Crippen molar-refractivity contribution in [3.05, 3.63) is 65.7 Å². The summed E-state index contributed by atoms with van der Waals surface area (Å²) in [5.74, 6) is 1.55. The van der Waals surface area contributed by atoms with E-state index in [0.29, 0.717) is 24.7 Å². The first kappa shape index (κ1) is 16.4. The molecule has 122 valence electrons. The Kier molecular flexibility index (Phi) is 5.95. The molecule has 0 heterocycles. The van der Waals surface area contributed by atoms with Crippen LogP contribution in [0.3, 0.4) is 0 Å². The lowest BCUT2D eigenvalue weighted by atomic mass is 9.83. The number of benzene rings is 2. The fraction of sp³-hybridized carbons (Fsp3) is 0.400. The van der Waals surface area contributed by atoms with E-state index in [1.165, 1.54) is 11.1 Å². The van der Waals surface area contributed by atoms with Gasteiger partial charge in [0.25, 0.3) is 0 Å². The van der Waals surface area contributed by atoms with Gasteiger partial charge in [-0.15, -0.1) is 0 Å². The predicted molar refractivity (Wildman–Crippen MR) is 94.0 cm³/mol. The lowest BCUT2D eigenvalue weighted by Gasteiger charge is -2.28. The van der Waals surface area contributed by atoms with Crippen LogP contribution in [0.2, 0.25) is 0 Å². The average Bonchev–Trinajstić information content (AvgIpc) is 2.62. The number of hydrogen-bond acceptors (Lipinski definition) is 2. The zero-order chi connectivity index (χ0) is 15.9. The van der Waals surface area contributed by atoms with Gasteiger partial charge in [-0.2, -0.15) is 0 Å². The molecule has 1 aliphatic rings. The first-order valence-corrected chi connectivity index (χ1v) is 8.83. The van der Waals surface area contributed by atoms with Gasteiger partial charge in [0, 0.05) is 0 Å². The second-order valence-corrected chi connectivity index (χ2v) is 6.31. The van der Waals surface area contributed by atoms with E-state index in [-0.39, 0.29) is 0 Å². The summed E-state index contributed by atoms with van der Waals surface area (Å²) >= 11 is 5.66. The summed E-state index contributed by atoms with van der Waals surface area (Å²) in [6.07, 6.45) is 4.83. The van der Waals surface area contributed by atoms with E-state index in [9.17, 15) is 0 Å². The molecule has 0 atom stereocenters. The van der Waals surface area contributed by atoms with Crippen LogP contribution >= 0.6 is 11.6 Å². The second-order valence-electron chi connectivity index (χ2n) is 6.10. The third-order valence-corrected chi connectivity index (χ3v) is 4.68. The van der Waals surface area contributed by atoms with Crippen LogP contribution < -0.4 is 4.74 Å². The fourth-order valence-corrected chi connectivity index (χ4v) is 3.43. The summed E-state index contributed by atoms with van der Waals surface area (Å²) in [6, 6.07) is 19.1. The highest BCUT2D eigenvalue weighted by atomic mass is 35.5. The topological polar surface area (TPSA) is 18.5 Å². The van der Waals surface area contributed by atoms with E-state index in [1.54, 1.807) is 0 Å². The maximum absolute atomic E-state index is 5.94. The molecule has 23 heavy (non-hydrogen) atoms. The van der Waals surface area contributed by atoms with Crippen LogP contribution in [0.25, 0.3) is 0 Å². The molecule has 2 nitrogen and oxygen atoms in total. The predicted octanol–water partition coefficient (Wildman–Crippen LogP) is 5.50. The fourth-order valence-electron chi connectivity index (χ4n) is 3.25. The van der Waals surface area contributed by atoms with E-state index in [4.69, 9.17) is 21.1 Å². The van der Waals surface area contributed by atoms with Gasteiger partial charge in [0.05, 0.1) is 6.10 Å². The van der Waals surface area contributed by atoms with Crippen LogP contribution in [0.4, 0.5) is 0 Å². The van der Waals surface area contributed by atoms with Crippen molar-refractivity contribution in [1.82, 2.24) is 0 Å². The minimum atomic E-state index is 0.304.